The molecule has 0 bridgehead atoms. The largest absolute Gasteiger partial charge is 0.454 e. The third kappa shape index (κ3) is 5.11. The topological polar surface area (TPSA) is 84.8 Å². The molecule has 0 radical (unpaired) electrons. The molecule has 9 nitrogen and oxygen atoms in total. The number of ether oxygens (including phenoxy) is 2. The van der Waals surface area contributed by atoms with Crippen LogP contribution in [0.4, 0.5) is 0 Å². The Kier molecular flexibility index (Phi) is 6.76. The minimum absolute atomic E-state index is 0.278. The summed E-state index contributed by atoms with van der Waals surface area (Å²) in [5.41, 5.74) is 8.72. The van der Waals surface area contributed by atoms with Crippen molar-refractivity contribution in [1.29, 1.82) is 0 Å². The number of nitrogens with one attached hydrogen (secondary N) is 1. The van der Waals surface area contributed by atoms with Gasteiger partial charge in [0.25, 0.3) is 5.91 Å². The van der Waals surface area contributed by atoms with E-state index in [2.05, 4.69) is 62.4 Å². The molecule has 0 unspecified atom stereocenters. The fourth-order valence-corrected chi connectivity index (χ4v) is 5.00. The first-order chi connectivity index (χ1) is 18.6. The Hall–Kier alpha value is -4.21. The van der Waals surface area contributed by atoms with Gasteiger partial charge >= 0.3 is 0 Å². The van der Waals surface area contributed by atoms with E-state index in [1.54, 1.807) is 6.20 Å². The average molecular weight is 511 g/mol. The zero-order chi connectivity index (χ0) is 25.9. The quantitative estimate of drug-likeness (QED) is 0.406. The van der Waals surface area contributed by atoms with Crippen LogP contribution in [0.5, 0.6) is 11.5 Å². The van der Waals surface area contributed by atoms with E-state index >= 15 is 0 Å². The molecule has 2 aliphatic rings. The number of hydrogen-bond donors (Lipinski definition) is 1. The third-order valence-corrected chi connectivity index (χ3v) is 7.13. The molecule has 1 N–H and O–H groups in total. The van der Waals surface area contributed by atoms with Crippen molar-refractivity contribution in [2.45, 2.75) is 20.0 Å². The number of aromatic nitrogens is 3. The highest BCUT2D eigenvalue weighted by molar-refractivity contribution is 5.98. The van der Waals surface area contributed by atoms with Gasteiger partial charge in [-0.3, -0.25) is 29.7 Å². The number of piperazine rings is 1. The Balaban J connectivity index is 1.15. The monoisotopic (exact) mass is 510 g/mol. The van der Waals surface area contributed by atoms with Crippen molar-refractivity contribution < 1.29 is 14.3 Å². The lowest BCUT2D eigenvalue weighted by Crippen LogP contribution is -2.45. The van der Waals surface area contributed by atoms with Crippen LogP contribution < -0.4 is 14.9 Å². The molecule has 38 heavy (non-hydrogen) atoms. The van der Waals surface area contributed by atoms with Crippen molar-refractivity contribution in [2.75, 3.05) is 38.4 Å². The summed E-state index contributed by atoms with van der Waals surface area (Å²) in [6.45, 7) is 7.99. The fourth-order valence-electron chi connectivity index (χ4n) is 5.00. The SMILES string of the molecule is Cc1c(CN2CCN(Cc3ccc4c(c3)OCO4)CC2)cc(-c2ccccc2)n1NC(=O)c1cnccn1. The molecule has 2 aromatic carbocycles. The number of benzene rings is 2. The van der Waals surface area contributed by atoms with Gasteiger partial charge in [0.2, 0.25) is 6.79 Å². The summed E-state index contributed by atoms with van der Waals surface area (Å²) in [7, 11) is 0. The second-order valence-corrected chi connectivity index (χ2v) is 9.61. The highest BCUT2D eigenvalue weighted by Gasteiger charge is 2.22. The first-order valence-electron chi connectivity index (χ1n) is 12.8. The van der Waals surface area contributed by atoms with E-state index < -0.39 is 0 Å². The summed E-state index contributed by atoms with van der Waals surface area (Å²) in [4.78, 5) is 26.1. The van der Waals surface area contributed by atoms with Crippen LogP contribution in [0.3, 0.4) is 0 Å². The zero-order valence-electron chi connectivity index (χ0n) is 21.3. The van der Waals surface area contributed by atoms with Gasteiger partial charge in [-0.25, -0.2) is 4.98 Å². The van der Waals surface area contributed by atoms with E-state index in [-0.39, 0.29) is 11.6 Å². The molecule has 194 valence electrons. The minimum Gasteiger partial charge on any atom is -0.454 e. The van der Waals surface area contributed by atoms with Crippen LogP contribution in [0.25, 0.3) is 11.3 Å². The fraction of sp³-hybridized carbons (Fsp3) is 0.276. The Morgan fingerprint density at radius 3 is 2.45 bits per heavy atom. The maximum absolute atomic E-state index is 12.9. The molecule has 0 saturated carbocycles. The van der Waals surface area contributed by atoms with Crippen LogP contribution in [0.1, 0.15) is 27.3 Å². The zero-order valence-corrected chi connectivity index (χ0v) is 21.3. The molecule has 1 amide bonds. The molecular weight excluding hydrogens is 480 g/mol. The van der Waals surface area contributed by atoms with Crippen LogP contribution >= 0.6 is 0 Å². The average Bonchev–Trinajstić information content (AvgIpc) is 3.55. The van der Waals surface area contributed by atoms with Crippen LogP contribution in [0, 0.1) is 6.92 Å². The first-order valence-corrected chi connectivity index (χ1v) is 12.8. The highest BCUT2D eigenvalue weighted by Crippen LogP contribution is 2.33. The molecule has 0 aliphatic carbocycles. The summed E-state index contributed by atoms with van der Waals surface area (Å²) in [5, 5.41) is 0. The molecule has 1 fully saturated rings. The number of fused-ring (bicyclic) bond motifs is 1. The number of amides is 1. The molecule has 2 aromatic heterocycles. The summed E-state index contributed by atoms with van der Waals surface area (Å²) in [5.74, 6) is 1.36. The Morgan fingerprint density at radius 2 is 1.68 bits per heavy atom. The summed E-state index contributed by atoms with van der Waals surface area (Å²) < 4.78 is 12.8. The van der Waals surface area contributed by atoms with Gasteiger partial charge in [-0.15, -0.1) is 0 Å². The van der Waals surface area contributed by atoms with Crippen LogP contribution in [-0.2, 0) is 13.1 Å². The van der Waals surface area contributed by atoms with E-state index in [4.69, 9.17) is 9.47 Å². The lowest BCUT2D eigenvalue weighted by molar-refractivity contribution is 0.100. The highest BCUT2D eigenvalue weighted by atomic mass is 16.7. The van der Waals surface area contributed by atoms with Gasteiger partial charge in [0.15, 0.2) is 11.5 Å². The Morgan fingerprint density at radius 1 is 0.921 bits per heavy atom. The lowest BCUT2D eigenvalue weighted by Gasteiger charge is -2.34. The van der Waals surface area contributed by atoms with Gasteiger partial charge in [0, 0.05) is 62.9 Å². The minimum atomic E-state index is -0.294. The molecule has 1 saturated heterocycles. The van der Waals surface area contributed by atoms with E-state index in [1.165, 1.54) is 23.5 Å². The molecule has 9 heteroatoms. The molecule has 4 aromatic rings. The van der Waals surface area contributed by atoms with E-state index in [0.717, 1.165) is 67.7 Å². The predicted molar refractivity (Wildman–Crippen MR) is 143 cm³/mol. The van der Waals surface area contributed by atoms with Gasteiger partial charge in [-0.2, -0.15) is 0 Å². The standard InChI is InChI=1S/C29H30N6O3/c1-21-24(19-34-13-11-33(12-14-34)18-22-7-8-27-28(15-22)38-20-37-27)16-26(23-5-3-2-4-6-23)35(21)32-29(36)25-17-30-9-10-31-25/h2-10,15-17H,11-14,18-20H2,1H3,(H,32,36). The maximum atomic E-state index is 12.9. The summed E-state index contributed by atoms with van der Waals surface area (Å²) in [6.07, 6.45) is 4.55. The summed E-state index contributed by atoms with van der Waals surface area (Å²) in [6, 6.07) is 18.5. The molecular formula is C29H30N6O3. The van der Waals surface area contributed by atoms with E-state index in [1.807, 2.05) is 28.9 Å². The number of nitrogens with zero attached hydrogens (tertiary/aromatic N) is 5. The van der Waals surface area contributed by atoms with Crippen molar-refractivity contribution in [1.82, 2.24) is 24.4 Å². The number of carbonyl (C=O) groups is 1. The van der Waals surface area contributed by atoms with Crippen LogP contribution in [0.15, 0.2) is 73.2 Å². The summed E-state index contributed by atoms with van der Waals surface area (Å²) >= 11 is 0. The lowest BCUT2D eigenvalue weighted by atomic mass is 10.1. The molecule has 0 spiro atoms. The molecule has 0 atom stereocenters. The molecule has 2 aliphatic heterocycles. The van der Waals surface area contributed by atoms with E-state index in [9.17, 15) is 4.79 Å². The molecule has 4 heterocycles. The van der Waals surface area contributed by atoms with Crippen LogP contribution in [-0.4, -0.2) is 63.3 Å². The Labute approximate surface area is 221 Å². The number of rotatable bonds is 7. The second kappa shape index (κ2) is 10.6. The predicted octanol–water partition coefficient (Wildman–Crippen LogP) is 3.68. The normalized spacial score (nSPS) is 15.5. The Bertz CT molecular complexity index is 1420. The van der Waals surface area contributed by atoms with Crippen molar-refractivity contribution in [3.63, 3.8) is 0 Å². The molecule has 6 rings (SSSR count). The van der Waals surface area contributed by atoms with Crippen LogP contribution in [0.2, 0.25) is 0 Å². The van der Waals surface area contributed by atoms with Gasteiger partial charge in [-0.05, 0) is 36.2 Å². The van der Waals surface area contributed by atoms with Crippen molar-refractivity contribution in [3.05, 3.63) is 95.7 Å². The van der Waals surface area contributed by atoms with Crippen molar-refractivity contribution in [3.8, 4) is 22.8 Å². The number of hydrogen-bond acceptors (Lipinski definition) is 7. The van der Waals surface area contributed by atoms with Gasteiger partial charge in [-0.1, -0.05) is 36.4 Å². The van der Waals surface area contributed by atoms with Crippen molar-refractivity contribution in [2.24, 2.45) is 0 Å². The van der Waals surface area contributed by atoms with Crippen molar-refractivity contribution >= 4 is 5.91 Å². The number of carbonyl (C=O) groups excluding carboxylic acids is 1. The maximum Gasteiger partial charge on any atom is 0.290 e. The smallest absolute Gasteiger partial charge is 0.290 e. The third-order valence-electron chi connectivity index (χ3n) is 7.13. The van der Waals surface area contributed by atoms with Gasteiger partial charge < -0.3 is 9.47 Å². The van der Waals surface area contributed by atoms with E-state index in [0.29, 0.717) is 6.79 Å². The first kappa shape index (κ1) is 24.1. The van der Waals surface area contributed by atoms with Gasteiger partial charge in [0.1, 0.15) is 5.69 Å². The second-order valence-electron chi connectivity index (χ2n) is 9.61. The van der Waals surface area contributed by atoms with Gasteiger partial charge in [0.05, 0.1) is 11.9 Å².